The molecule has 0 radical (unpaired) electrons. The molecule has 1 unspecified atom stereocenters. The molecule has 1 nitrogen and oxygen atoms in total. The van der Waals surface area contributed by atoms with Crippen LogP contribution in [0.2, 0.25) is 0 Å². The van der Waals surface area contributed by atoms with Gasteiger partial charge in [0.15, 0.2) is 0 Å². The largest absolute Gasteiger partial charge is 0.497 e. The molecule has 0 bridgehead atoms. The summed E-state index contributed by atoms with van der Waals surface area (Å²) in [7, 11) is 1.46. The molecule has 0 aromatic heterocycles. The second kappa shape index (κ2) is 5.88. The van der Waals surface area contributed by atoms with Crippen LogP contribution in [0.3, 0.4) is 0 Å². The Bertz CT molecular complexity index is 604. The second-order valence-electron chi connectivity index (χ2n) is 3.92. The molecule has 100 valence electrons. The topological polar surface area (TPSA) is 9.23 Å². The molecule has 0 aliphatic rings. The minimum Gasteiger partial charge on any atom is -0.497 e. The molecular formula is C14H10BrClF2O. The van der Waals surface area contributed by atoms with Crippen LogP contribution in [-0.4, -0.2) is 7.11 Å². The molecule has 0 aliphatic carbocycles. The fourth-order valence-corrected chi connectivity index (χ4v) is 2.79. The molecule has 0 spiro atoms. The van der Waals surface area contributed by atoms with Crippen molar-refractivity contribution in [3.8, 4) is 5.75 Å². The van der Waals surface area contributed by atoms with Crippen molar-refractivity contribution in [1.29, 1.82) is 0 Å². The number of alkyl halides is 1. The maximum atomic E-state index is 13.9. The van der Waals surface area contributed by atoms with Gasteiger partial charge in [0.2, 0.25) is 0 Å². The summed E-state index contributed by atoms with van der Waals surface area (Å²) in [6, 6.07) is 8.57. The molecule has 5 heteroatoms. The Morgan fingerprint density at radius 1 is 1.11 bits per heavy atom. The summed E-state index contributed by atoms with van der Waals surface area (Å²) in [6.45, 7) is 0. The van der Waals surface area contributed by atoms with Gasteiger partial charge in [-0.25, -0.2) is 8.78 Å². The lowest BCUT2D eigenvalue weighted by Gasteiger charge is -2.14. The van der Waals surface area contributed by atoms with E-state index >= 15 is 0 Å². The lowest BCUT2D eigenvalue weighted by atomic mass is 10.0. The van der Waals surface area contributed by atoms with Gasteiger partial charge in [0.25, 0.3) is 0 Å². The lowest BCUT2D eigenvalue weighted by molar-refractivity contribution is 0.410. The van der Waals surface area contributed by atoms with E-state index in [4.69, 9.17) is 16.3 Å². The zero-order valence-electron chi connectivity index (χ0n) is 9.96. The summed E-state index contributed by atoms with van der Waals surface area (Å²) in [5.41, 5.74) is 0.918. The van der Waals surface area contributed by atoms with Gasteiger partial charge >= 0.3 is 0 Å². The molecule has 2 aromatic rings. The molecule has 0 N–H and O–H groups in total. The van der Waals surface area contributed by atoms with E-state index in [9.17, 15) is 8.78 Å². The van der Waals surface area contributed by atoms with Crippen LogP contribution in [0.25, 0.3) is 0 Å². The third kappa shape index (κ3) is 3.07. The Kier molecular flexibility index (Phi) is 4.42. The van der Waals surface area contributed by atoms with E-state index in [1.54, 1.807) is 12.1 Å². The summed E-state index contributed by atoms with van der Waals surface area (Å²) in [5, 5.41) is -0.708. The van der Waals surface area contributed by atoms with Gasteiger partial charge in [-0.05, 0) is 23.8 Å². The van der Waals surface area contributed by atoms with Crippen molar-refractivity contribution < 1.29 is 13.5 Å². The fourth-order valence-electron chi connectivity index (χ4n) is 1.71. The third-order valence-electron chi connectivity index (χ3n) is 2.72. The van der Waals surface area contributed by atoms with E-state index < -0.39 is 11.2 Å². The van der Waals surface area contributed by atoms with Crippen LogP contribution in [-0.2, 0) is 0 Å². The van der Waals surface area contributed by atoms with Crippen molar-refractivity contribution in [3.63, 3.8) is 0 Å². The highest BCUT2D eigenvalue weighted by Gasteiger charge is 2.18. The summed E-state index contributed by atoms with van der Waals surface area (Å²) in [4.78, 5) is 0. The fraction of sp³-hybridized carbons (Fsp3) is 0.143. The van der Waals surface area contributed by atoms with E-state index in [1.165, 1.54) is 31.4 Å². The summed E-state index contributed by atoms with van der Waals surface area (Å²) < 4.78 is 32.4. The molecule has 0 saturated carbocycles. The summed E-state index contributed by atoms with van der Waals surface area (Å²) >= 11 is 9.48. The number of rotatable bonds is 3. The average molecular weight is 348 g/mol. The van der Waals surface area contributed by atoms with E-state index in [1.807, 2.05) is 0 Å². The highest BCUT2D eigenvalue weighted by molar-refractivity contribution is 9.10. The van der Waals surface area contributed by atoms with Crippen LogP contribution in [0.5, 0.6) is 5.75 Å². The number of ether oxygens (including phenoxy) is 1. The Morgan fingerprint density at radius 3 is 2.37 bits per heavy atom. The van der Waals surface area contributed by atoms with Crippen LogP contribution < -0.4 is 4.74 Å². The molecule has 0 saturated heterocycles. The third-order valence-corrected chi connectivity index (χ3v) is 3.87. The van der Waals surface area contributed by atoms with E-state index in [-0.39, 0.29) is 5.82 Å². The number of halogens is 4. The molecule has 0 amide bonds. The van der Waals surface area contributed by atoms with Crippen LogP contribution in [0.4, 0.5) is 8.78 Å². The molecule has 0 aliphatic heterocycles. The average Bonchev–Trinajstić information content (AvgIpc) is 2.37. The molecular weight excluding hydrogens is 338 g/mol. The zero-order chi connectivity index (χ0) is 14.0. The minimum absolute atomic E-state index is 0.315. The van der Waals surface area contributed by atoms with Crippen LogP contribution in [0, 0.1) is 11.6 Å². The van der Waals surface area contributed by atoms with Gasteiger partial charge in [-0.1, -0.05) is 28.1 Å². The first-order valence-electron chi connectivity index (χ1n) is 5.45. The first-order chi connectivity index (χ1) is 9.02. The van der Waals surface area contributed by atoms with Crippen molar-refractivity contribution in [2.24, 2.45) is 0 Å². The smallest absolute Gasteiger partial charge is 0.131 e. The van der Waals surface area contributed by atoms with Crippen LogP contribution in [0.1, 0.15) is 16.5 Å². The van der Waals surface area contributed by atoms with Crippen molar-refractivity contribution >= 4 is 27.5 Å². The Balaban J connectivity index is 2.41. The summed E-state index contributed by atoms with van der Waals surface area (Å²) in [5.74, 6) is -0.423. The van der Waals surface area contributed by atoms with Gasteiger partial charge in [0.05, 0.1) is 12.5 Å². The van der Waals surface area contributed by atoms with Gasteiger partial charge in [0.1, 0.15) is 17.4 Å². The normalized spacial score (nSPS) is 12.3. The quantitative estimate of drug-likeness (QED) is 0.705. The van der Waals surface area contributed by atoms with Crippen molar-refractivity contribution in [3.05, 3.63) is 63.6 Å². The van der Waals surface area contributed by atoms with Gasteiger partial charge in [-0.2, -0.15) is 0 Å². The predicted octanol–water partition coefficient (Wildman–Crippen LogP) is 5.06. The highest BCUT2D eigenvalue weighted by atomic mass is 79.9. The molecule has 1 atom stereocenters. The molecule has 19 heavy (non-hydrogen) atoms. The Morgan fingerprint density at radius 2 is 1.79 bits per heavy atom. The zero-order valence-corrected chi connectivity index (χ0v) is 12.3. The maximum absolute atomic E-state index is 13.9. The number of hydrogen-bond acceptors (Lipinski definition) is 1. The molecule has 2 rings (SSSR count). The Hall–Kier alpha value is -1.13. The van der Waals surface area contributed by atoms with Gasteiger partial charge < -0.3 is 4.74 Å². The first kappa shape index (κ1) is 14.3. The highest BCUT2D eigenvalue weighted by Crippen LogP contribution is 2.36. The maximum Gasteiger partial charge on any atom is 0.131 e. The van der Waals surface area contributed by atoms with Crippen molar-refractivity contribution in [1.82, 2.24) is 0 Å². The van der Waals surface area contributed by atoms with Crippen molar-refractivity contribution in [2.75, 3.05) is 7.11 Å². The predicted molar refractivity (Wildman–Crippen MR) is 74.7 cm³/mol. The standard InChI is InChI=1S/C14H10BrClF2O/c1-19-9-3-5-11(13(18)7-9)14(16)10-4-2-8(17)6-12(10)15/h2-7,14H,1H3. The summed E-state index contributed by atoms with van der Waals surface area (Å²) in [6.07, 6.45) is 0. The van der Waals surface area contributed by atoms with E-state index in [0.29, 0.717) is 21.3 Å². The van der Waals surface area contributed by atoms with Crippen LogP contribution in [0.15, 0.2) is 40.9 Å². The Labute approximate surface area is 123 Å². The second-order valence-corrected chi connectivity index (χ2v) is 5.21. The lowest BCUT2D eigenvalue weighted by Crippen LogP contribution is -1.99. The van der Waals surface area contributed by atoms with Gasteiger partial charge in [0, 0.05) is 16.1 Å². The van der Waals surface area contributed by atoms with E-state index in [2.05, 4.69) is 15.9 Å². The molecule has 0 heterocycles. The van der Waals surface area contributed by atoms with E-state index in [0.717, 1.165) is 0 Å². The van der Waals surface area contributed by atoms with Gasteiger partial charge in [-0.15, -0.1) is 11.6 Å². The molecule has 2 aromatic carbocycles. The number of hydrogen-bond donors (Lipinski definition) is 0. The first-order valence-corrected chi connectivity index (χ1v) is 6.68. The number of methoxy groups -OCH3 is 1. The van der Waals surface area contributed by atoms with Crippen molar-refractivity contribution in [2.45, 2.75) is 5.38 Å². The minimum atomic E-state index is -0.708. The van der Waals surface area contributed by atoms with Gasteiger partial charge in [-0.3, -0.25) is 0 Å². The number of benzene rings is 2. The monoisotopic (exact) mass is 346 g/mol. The van der Waals surface area contributed by atoms with Crippen LogP contribution >= 0.6 is 27.5 Å². The molecule has 0 fully saturated rings. The SMILES string of the molecule is COc1ccc(C(Cl)c2ccc(F)cc2Br)c(F)c1.